The second kappa shape index (κ2) is 9.20. The predicted octanol–water partition coefficient (Wildman–Crippen LogP) is 7.16. The fraction of sp³-hybridized carbons (Fsp3) is 0.303. The number of nitrogens with zero attached hydrogens (tertiary/aromatic N) is 4. The van der Waals surface area contributed by atoms with Gasteiger partial charge in [0, 0.05) is 39.1 Å². The normalized spacial score (nSPS) is 24.0. The second-order valence-corrected chi connectivity index (χ2v) is 11.1. The van der Waals surface area contributed by atoms with Gasteiger partial charge in [-0.1, -0.05) is 63.6 Å². The van der Waals surface area contributed by atoms with Crippen molar-refractivity contribution in [2.24, 2.45) is 11.3 Å². The van der Waals surface area contributed by atoms with E-state index in [2.05, 4.69) is 24.9 Å². The largest absolute Gasteiger partial charge is 0.293 e. The molecule has 0 spiro atoms. The number of nitriles is 1. The molecule has 0 radical (unpaired) electrons. The van der Waals surface area contributed by atoms with Crippen molar-refractivity contribution in [3.63, 3.8) is 0 Å². The summed E-state index contributed by atoms with van der Waals surface area (Å²) in [5.41, 5.74) is 3.05. The molecular weight excluding hydrogens is 487 g/mol. The Hall–Kier alpha value is -4.24. The molecule has 2 aliphatic carbocycles. The first-order chi connectivity index (χ1) is 18.8. The van der Waals surface area contributed by atoms with E-state index >= 15 is 4.39 Å². The van der Waals surface area contributed by atoms with E-state index in [4.69, 9.17) is 9.97 Å². The number of aromatic nitrogens is 3. The number of carbonyl (C=O) groups excluding carboxylic acids is 1. The van der Waals surface area contributed by atoms with Crippen LogP contribution < -0.4 is 0 Å². The third kappa shape index (κ3) is 3.71. The lowest BCUT2D eigenvalue weighted by Crippen LogP contribution is -2.53. The summed E-state index contributed by atoms with van der Waals surface area (Å²) >= 11 is 0. The Bertz CT molecular complexity index is 1720. The number of carbonyl (C=O) groups is 1. The summed E-state index contributed by atoms with van der Waals surface area (Å²) in [5, 5.41) is 10.9. The SMILES string of the molecule is CCC[C@@]1(C)C(=O)C(C#N)=C[C@@]2(C)c3nc(-c4ccnc5ccccc45)nc(-c4ccccc4F)c3CC[C@H]12. The van der Waals surface area contributed by atoms with Crippen LogP contribution in [-0.2, 0) is 16.6 Å². The third-order valence-corrected chi connectivity index (χ3v) is 8.81. The average molecular weight is 517 g/mol. The Morgan fingerprint density at radius 1 is 1.05 bits per heavy atom. The first kappa shape index (κ1) is 25.1. The molecular formula is C33H29FN4O. The zero-order valence-electron chi connectivity index (χ0n) is 22.3. The number of allylic oxidation sites excluding steroid dienone is 2. The van der Waals surface area contributed by atoms with Gasteiger partial charge in [-0.05, 0) is 49.4 Å². The lowest BCUT2D eigenvalue weighted by Gasteiger charge is -2.51. The van der Waals surface area contributed by atoms with Crippen LogP contribution in [0.5, 0.6) is 0 Å². The van der Waals surface area contributed by atoms with Crippen molar-refractivity contribution >= 4 is 16.7 Å². The summed E-state index contributed by atoms with van der Waals surface area (Å²) in [7, 11) is 0. The Morgan fingerprint density at radius 2 is 1.82 bits per heavy atom. The first-order valence-corrected chi connectivity index (χ1v) is 13.5. The van der Waals surface area contributed by atoms with Gasteiger partial charge in [-0.3, -0.25) is 9.78 Å². The monoisotopic (exact) mass is 516 g/mol. The van der Waals surface area contributed by atoms with Gasteiger partial charge in [0.1, 0.15) is 11.9 Å². The smallest absolute Gasteiger partial charge is 0.179 e. The number of Topliss-reactive ketones (excluding diaryl/α,β-unsaturated/α-hetero) is 1. The number of para-hydroxylation sites is 1. The maximum atomic E-state index is 15.3. The molecule has 0 saturated carbocycles. The summed E-state index contributed by atoms with van der Waals surface area (Å²) in [6, 6.07) is 18.6. The van der Waals surface area contributed by atoms with Crippen LogP contribution in [0.1, 0.15) is 51.3 Å². The topological polar surface area (TPSA) is 79.5 Å². The average Bonchev–Trinajstić information content (AvgIpc) is 2.95. The van der Waals surface area contributed by atoms with Crippen LogP contribution in [0.4, 0.5) is 4.39 Å². The molecule has 5 nitrogen and oxygen atoms in total. The molecule has 2 aromatic carbocycles. The fourth-order valence-corrected chi connectivity index (χ4v) is 7.08. The molecule has 3 atom stereocenters. The van der Waals surface area contributed by atoms with Crippen molar-refractivity contribution < 1.29 is 9.18 Å². The molecule has 0 bridgehead atoms. The number of rotatable bonds is 4. The number of halogens is 1. The standard InChI is InChI=1S/C33H29FN4O/c1-4-16-32(2)27-14-13-24-28(23-10-5-7-11-25(23)34)37-31(22-15-17-36-26-12-8-6-9-21(22)26)38-29(24)33(27,3)18-20(19-35)30(32)39/h5-12,15,17-18,27H,4,13-14,16H2,1-3H3/t27-,32-,33-/m1/s1. The molecule has 0 amide bonds. The summed E-state index contributed by atoms with van der Waals surface area (Å²) in [6.45, 7) is 6.16. The van der Waals surface area contributed by atoms with Gasteiger partial charge >= 0.3 is 0 Å². The third-order valence-electron chi connectivity index (χ3n) is 8.81. The van der Waals surface area contributed by atoms with Crippen molar-refractivity contribution in [3.8, 4) is 28.7 Å². The van der Waals surface area contributed by atoms with Gasteiger partial charge in [0.05, 0.1) is 22.5 Å². The minimum atomic E-state index is -0.697. The summed E-state index contributed by atoms with van der Waals surface area (Å²) in [4.78, 5) is 28.3. The molecule has 2 aromatic heterocycles. The quantitative estimate of drug-likeness (QED) is 0.288. The molecule has 0 aliphatic heterocycles. The molecule has 0 N–H and O–H groups in total. The van der Waals surface area contributed by atoms with Gasteiger partial charge in [0.25, 0.3) is 0 Å². The zero-order valence-corrected chi connectivity index (χ0v) is 22.3. The van der Waals surface area contributed by atoms with E-state index in [0.29, 0.717) is 29.9 Å². The van der Waals surface area contributed by atoms with E-state index in [-0.39, 0.29) is 23.1 Å². The van der Waals surface area contributed by atoms with Crippen molar-refractivity contribution in [1.29, 1.82) is 5.26 Å². The number of ketones is 1. The van der Waals surface area contributed by atoms with E-state index in [1.807, 2.05) is 49.4 Å². The van der Waals surface area contributed by atoms with Crippen molar-refractivity contribution in [2.45, 2.75) is 51.9 Å². The molecule has 194 valence electrons. The Morgan fingerprint density at radius 3 is 2.59 bits per heavy atom. The van der Waals surface area contributed by atoms with E-state index in [1.54, 1.807) is 18.3 Å². The van der Waals surface area contributed by atoms with Crippen LogP contribution in [0.15, 0.2) is 72.4 Å². The molecule has 2 aliphatic rings. The van der Waals surface area contributed by atoms with Crippen LogP contribution in [-0.4, -0.2) is 20.7 Å². The van der Waals surface area contributed by atoms with Gasteiger partial charge in [-0.25, -0.2) is 14.4 Å². The van der Waals surface area contributed by atoms with Crippen LogP contribution in [0.25, 0.3) is 33.5 Å². The fourth-order valence-electron chi connectivity index (χ4n) is 7.08. The van der Waals surface area contributed by atoms with E-state index in [9.17, 15) is 10.1 Å². The lowest BCUT2D eigenvalue weighted by molar-refractivity contribution is -0.130. The highest BCUT2D eigenvalue weighted by molar-refractivity contribution is 6.04. The van der Waals surface area contributed by atoms with Crippen molar-refractivity contribution in [2.75, 3.05) is 0 Å². The first-order valence-electron chi connectivity index (χ1n) is 13.5. The molecule has 0 saturated heterocycles. The lowest BCUT2D eigenvalue weighted by atomic mass is 9.50. The van der Waals surface area contributed by atoms with Crippen LogP contribution in [0.2, 0.25) is 0 Å². The second-order valence-electron chi connectivity index (χ2n) is 11.1. The Kier molecular flexibility index (Phi) is 5.91. The maximum Gasteiger partial charge on any atom is 0.179 e. The van der Waals surface area contributed by atoms with Gasteiger partial charge in [-0.15, -0.1) is 0 Å². The summed E-state index contributed by atoms with van der Waals surface area (Å²) in [6.07, 6.45) is 6.43. The Labute approximate surface area is 227 Å². The van der Waals surface area contributed by atoms with Crippen molar-refractivity contribution in [1.82, 2.24) is 15.0 Å². The van der Waals surface area contributed by atoms with Gasteiger partial charge in [0.15, 0.2) is 11.6 Å². The van der Waals surface area contributed by atoms with Gasteiger partial charge in [0.2, 0.25) is 0 Å². The highest BCUT2D eigenvalue weighted by atomic mass is 19.1. The molecule has 39 heavy (non-hydrogen) atoms. The van der Waals surface area contributed by atoms with Crippen LogP contribution in [0, 0.1) is 28.5 Å². The number of hydrogen-bond acceptors (Lipinski definition) is 5. The highest BCUT2D eigenvalue weighted by Crippen LogP contribution is 2.57. The molecule has 0 unspecified atom stereocenters. The minimum Gasteiger partial charge on any atom is -0.293 e. The van der Waals surface area contributed by atoms with Gasteiger partial charge < -0.3 is 0 Å². The number of benzene rings is 2. The van der Waals surface area contributed by atoms with E-state index in [0.717, 1.165) is 40.6 Å². The molecule has 2 heterocycles. The van der Waals surface area contributed by atoms with E-state index < -0.39 is 10.8 Å². The van der Waals surface area contributed by atoms with Crippen molar-refractivity contribution in [3.05, 3.63) is 89.5 Å². The maximum absolute atomic E-state index is 15.3. The molecule has 0 fully saturated rings. The number of pyridine rings is 1. The van der Waals surface area contributed by atoms with Crippen LogP contribution >= 0.6 is 0 Å². The molecule has 6 rings (SSSR count). The minimum absolute atomic E-state index is 0.0487. The number of fused-ring (bicyclic) bond motifs is 4. The summed E-state index contributed by atoms with van der Waals surface area (Å²) < 4.78 is 15.3. The predicted molar refractivity (Wildman–Crippen MR) is 149 cm³/mol. The molecule has 4 aromatic rings. The van der Waals surface area contributed by atoms with Gasteiger partial charge in [-0.2, -0.15) is 5.26 Å². The summed E-state index contributed by atoms with van der Waals surface area (Å²) in [5.74, 6) is 0.00144. The zero-order chi connectivity index (χ0) is 27.4. The van der Waals surface area contributed by atoms with E-state index in [1.165, 1.54) is 6.07 Å². The number of hydrogen-bond donors (Lipinski definition) is 0. The highest BCUT2D eigenvalue weighted by Gasteiger charge is 2.56. The Balaban J connectivity index is 1.69. The van der Waals surface area contributed by atoms with Crippen LogP contribution in [0.3, 0.4) is 0 Å². The molecule has 6 heteroatoms.